The third-order valence-corrected chi connectivity index (χ3v) is 3.09. The molecule has 6 heteroatoms. The first-order valence-corrected chi connectivity index (χ1v) is 6.47. The van der Waals surface area contributed by atoms with Gasteiger partial charge in [-0.2, -0.15) is 13.2 Å². The number of ether oxygens (including phenoxy) is 1. The Balaban J connectivity index is 2.32. The summed E-state index contributed by atoms with van der Waals surface area (Å²) in [6.45, 7) is 8.71. The average molecular weight is 288 g/mol. The van der Waals surface area contributed by atoms with Gasteiger partial charge >= 0.3 is 6.18 Å². The second-order valence-electron chi connectivity index (χ2n) is 6.38. The Bertz CT molecular complexity index is 481. The molecule has 3 nitrogen and oxygen atoms in total. The highest BCUT2D eigenvalue weighted by Gasteiger charge is 2.39. The monoisotopic (exact) mass is 288 g/mol. The van der Waals surface area contributed by atoms with Crippen molar-refractivity contribution in [2.24, 2.45) is 0 Å². The molecule has 0 atom stereocenters. The molecule has 2 heterocycles. The van der Waals surface area contributed by atoms with E-state index in [1.807, 2.05) is 32.6 Å². The van der Waals surface area contributed by atoms with Crippen LogP contribution in [0.25, 0.3) is 0 Å². The number of morpholine rings is 1. The smallest absolute Gasteiger partial charge is 0.366 e. The summed E-state index contributed by atoms with van der Waals surface area (Å²) in [7, 11) is 0. The maximum Gasteiger partial charge on any atom is 0.416 e. The fourth-order valence-corrected chi connectivity index (χ4v) is 2.72. The molecule has 0 amide bonds. The van der Waals surface area contributed by atoms with Crippen molar-refractivity contribution in [2.45, 2.75) is 45.1 Å². The Morgan fingerprint density at radius 1 is 1.15 bits per heavy atom. The van der Waals surface area contributed by atoms with E-state index in [2.05, 4.69) is 4.98 Å². The lowest BCUT2D eigenvalue weighted by Crippen LogP contribution is -2.57. The molecule has 1 fully saturated rings. The van der Waals surface area contributed by atoms with Crippen LogP contribution < -0.4 is 4.90 Å². The molecule has 20 heavy (non-hydrogen) atoms. The van der Waals surface area contributed by atoms with Crippen LogP contribution in [0.1, 0.15) is 33.3 Å². The second kappa shape index (κ2) is 4.62. The number of rotatable bonds is 1. The van der Waals surface area contributed by atoms with Gasteiger partial charge in [-0.25, -0.2) is 4.98 Å². The number of pyridine rings is 1. The fraction of sp³-hybridized carbons (Fsp3) is 0.643. The SMILES string of the molecule is CC1(C)CN(c2cc(C(F)(F)F)ccn2)CC(C)(C)O1. The van der Waals surface area contributed by atoms with E-state index >= 15 is 0 Å². The Kier molecular flexibility index (Phi) is 3.48. The summed E-state index contributed by atoms with van der Waals surface area (Å²) < 4.78 is 44.2. The van der Waals surface area contributed by atoms with Gasteiger partial charge in [-0.1, -0.05) is 0 Å². The molecule has 0 bridgehead atoms. The first kappa shape index (κ1) is 15.1. The van der Waals surface area contributed by atoms with Gasteiger partial charge in [0, 0.05) is 19.3 Å². The molecule has 0 aliphatic carbocycles. The predicted molar refractivity (Wildman–Crippen MR) is 70.7 cm³/mol. The summed E-state index contributed by atoms with van der Waals surface area (Å²) in [5.41, 5.74) is -1.54. The minimum Gasteiger partial charge on any atom is -0.366 e. The van der Waals surface area contributed by atoms with Gasteiger partial charge in [-0.05, 0) is 39.8 Å². The van der Waals surface area contributed by atoms with Gasteiger partial charge in [0.25, 0.3) is 0 Å². The topological polar surface area (TPSA) is 25.4 Å². The molecular formula is C14H19F3N2O. The molecule has 1 aromatic rings. The van der Waals surface area contributed by atoms with Crippen molar-refractivity contribution in [2.75, 3.05) is 18.0 Å². The van der Waals surface area contributed by atoms with Crippen molar-refractivity contribution >= 4 is 5.82 Å². The second-order valence-corrected chi connectivity index (χ2v) is 6.38. The standard InChI is InChI=1S/C14H19F3N2O/c1-12(2)8-19(9-13(3,4)20-12)11-7-10(5-6-18-11)14(15,16)17/h5-7H,8-9H2,1-4H3. The minimum atomic E-state index is -4.35. The highest BCUT2D eigenvalue weighted by atomic mass is 19.4. The molecule has 0 radical (unpaired) electrons. The van der Waals surface area contributed by atoms with Crippen LogP contribution >= 0.6 is 0 Å². The zero-order valence-electron chi connectivity index (χ0n) is 12.1. The number of aromatic nitrogens is 1. The van der Waals surface area contributed by atoms with Crippen molar-refractivity contribution in [3.63, 3.8) is 0 Å². The molecule has 0 N–H and O–H groups in total. The lowest BCUT2D eigenvalue weighted by atomic mass is 9.99. The highest BCUT2D eigenvalue weighted by molar-refractivity contribution is 5.43. The Hall–Kier alpha value is -1.30. The molecule has 1 aromatic heterocycles. The van der Waals surface area contributed by atoms with Gasteiger partial charge in [0.1, 0.15) is 5.82 Å². The minimum absolute atomic E-state index is 0.337. The largest absolute Gasteiger partial charge is 0.416 e. The van der Waals surface area contributed by atoms with Crippen molar-refractivity contribution in [3.8, 4) is 0 Å². The summed E-state index contributed by atoms with van der Waals surface area (Å²) in [6.07, 6.45) is -3.15. The van der Waals surface area contributed by atoms with Crippen LogP contribution in [0.3, 0.4) is 0 Å². The van der Waals surface area contributed by atoms with Crippen LogP contribution in [-0.2, 0) is 10.9 Å². The molecule has 0 saturated carbocycles. The maximum atomic E-state index is 12.8. The normalized spacial score (nSPS) is 21.9. The fourth-order valence-electron chi connectivity index (χ4n) is 2.72. The quantitative estimate of drug-likeness (QED) is 0.791. The van der Waals surface area contributed by atoms with Crippen molar-refractivity contribution in [1.82, 2.24) is 4.98 Å². The third-order valence-electron chi connectivity index (χ3n) is 3.09. The van der Waals surface area contributed by atoms with Crippen LogP contribution in [-0.4, -0.2) is 29.3 Å². The predicted octanol–water partition coefficient (Wildman–Crippen LogP) is 3.49. The first-order valence-electron chi connectivity index (χ1n) is 6.47. The van der Waals surface area contributed by atoms with E-state index in [9.17, 15) is 13.2 Å². The number of hydrogen-bond donors (Lipinski definition) is 0. The third kappa shape index (κ3) is 3.42. The number of hydrogen-bond acceptors (Lipinski definition) is 3. The van der Waals surface area contributed by atoms with E-state index in [0.717, 1.165) is 12.1 Å². The lowest BCUT2D eigenvalue weighted by molar-refractivity contribution is -0.137. The summed E-state index contributed by atoms with van der Waals surface area (Å²) >= 11 is 0. The molecule has 0 spiro atoms. The molecule has 0 unspecified atom stereocenters. The Morgan fingerprint density at radius 3 is 2.20 bits per heavy atom. The van der Waals surface area contributed by atoms with E-state index in [4.69, 9.17) is 4.74 Å². The molecule has 1 saturated heterocycles. The van der Waals surface area contributed by atoms with E-state index in [0.29, 0.717) is 18.9 Å². The molecule has 1 aliphatic heterocycles. The van der Waals surface area contributed by atoms with E-state index in [1.54, 1.807) is 0 Å². The molecular weight excluding hydrogens is 269 g/mol. The molecule has 112 valence electrons. The number of anilines is 1. The Labute approximate surface area is 116 Å². The summed E-state index contributed by atoms with van der Waals surface area (Å²) in [5.74, 6) is 0.337. The van der Waals surface area contributed by atoms with Crippen molar-refractivity contribution < 1.29 is 17.9 Å². The first-order chi connectivity index (χ1) is 8.99. The Morgan fingerprint density at radius 2 is 1.70 bits per heavy atom. The van der Waals surface area contributed by atoms with Gasteiger partial charge in [-0.15, -0.1) is 0 Å². The summed E-state index contributed by atoms with van der Waals surface area (Å²) in [4.78, 5) is 5.92. The summed E-state index contributed by atoms with van der Waals surface area (Å²) in [5, 5.41) is 0. The van der Waals surface area contributed by atoms with E-state index < -0.39 is 22.9 Å². The van der Waals surface area contributed by atoms with Crippen LogP contribution in [0.15, 0.2) is 18.3 Å². The highest BCUT2D eigenvalue weighted by Crippen LogP contribution is 2.34. The van der Waals surface area contributed by atoms with E-state index in [1.165, 1.54) is 6.20 Å². The maximum absolute atomic E-state index is 12.8. The lowest BCUT2D eigenvalue weighted by Gasteiger charge is -2.47. The van der Waals surface area contributed by atoms with Gasteiger partial charge in [0.2, 0.25) is 0 Å². The van der Waals surface area contributed by atoms with Crippen molar-refractivity contribution in [1.29, 1.82) is 0 Å². The van der Waals surface area contributed by atoms with Crippen LogP contribution in [0.2, 0.25) is 0 Å². The van der Waals surface area contributed by atoms with E-state index in [-0.39, 0.29) is 0 Å². The van der Waals surface area contributed by atoms with Gasteiger partial charge < -0.3 is 9.64 Å². The molecule has 1 aliphatic rings. The van der Waals surface area contributed by atoms with Gasteiger partial charge in [0.15, 0.2) is 0 Å². The van der Waals surface area contributed by atoms with Crippen LogP contribution in [0.4, 0.5) is 19.0 Å². The average Bonchev–Trinajstić information content (AvgIpc) is 2.24. The number of nitrogens with zero attached hydrogens (tertiary/aromatic N) is 2. The van der Waals surface area contributed by atoms with Gasteiger partial charge in [0.05, 0.1) is 16.8 Å². The van der Waals surface area contributed by atoms with Crippen molar-refractivity contribution in [3.05, 3.63) is 23.9 Å². The molecule has 2 rings (SSSR count). The summed E-state index contributed by atoms with van der Waals surface area (Å²) in [6, 6.07) is 2.08. The number of alkyl halides is 3. The van der Waals surface area contributed by atoms with Gasteiger partial charge in [-0.3, -0.25) is 0 Å². The van der Waals surface area contributed by atoms with Crippen LogP contribution in [0.5, 0.6) is 0 Å². The molecule has 0 aromatic carbocycles. The zero-order valence-corrected chi connectivity index (χ0v) is 12.1. The van der Waals surface area contributed by atoms with Crippen LogP contribution in [0, 0.1) is 0 Å². The number of halogens is 3. The zero-order chi connectivity index (χ0) is 15.2.